The Balaban J connectivity index is 1.51. The topological polar surface area (TPSA) is 86.8 Å². The van der Waals surface area contributed by atoms with E-state index in [1.165, 1.54) is 17.0 Å². The molecule has 2 aromatic carbocycles. The maximum absolute atomic E-state index is 14.0. The molecular formula is C20H18F3N3O4S. The van der Waals surface area contributed by atoms with Crippen LogP contribution in [0.2, 0.25) is 0 Å². The zero-order valence-corrected chi connectivity index (χ0v) is 17.0. The number of fused-ring (bicyclic) bond motifs is 1. The molecule has 0 spiro atoms. The molecule has 2 amide bonds. The van der Waals surface area contributed by atoms with Gasteiger partial charge in [0.05, 0.1) is 5.92 Å². The molecule has 2 aliphatic rings. The fourth-order valence-electron chi connectivity index (χ4n) is 3.88. The number of carbonyl (C=O) groups is 2. The van der Waals surface area contributed by atoms with Crippen molar-refractivity contribution in [3.8, 4) is 0 Å². The quantitative estimate of drug-likeness (QED) is 0.771. The van der Waals surface area contributed by atoms with E-state index in [4.69, 9.17) is 0 Å². The van der Waals surface area contributed by atoms with Gasteiger partial charge in [-0.15, -0.1) is 0 Å². The van der Waals surface area contributed by atoms with E-state index in [1.807, 2.05) is 0 Å². The van der Waals surface area contributed by atoms with Gasteiger partial charge in [-0.05, 0) is 29.8 Å². The molecule has 1 atom stereocenters. The normalized spacial score (nSPS) is 19.6. The summed E-state index contributed by atoms with van der Waals surface area (Å²) in [5.74, 6) is -4.56. The molecule has 1 fully saturated rings. The van der Waals surface area contributed by atoms with Crippen molar-refractivity contribution in [2.75, 3.05) is 31.5 Å². The molecule has 2 aromatic rings. The highest BCUT2D eigenvalue weighted by Crippen LogP contribution is 2.34. The number of sulfonamides is 1. The van der Waals surface area contributed by atoms with Crippen molar-refractivity contribution in [3.63, 3.8) is 0 Å². The molecule has 0 radical (unpaired) electrons. The molecule has 2 aliphatic heterocycles. The standard InChI is InChI=1S/C20H18F3N3O4S/c21-12-4-5-13-14(11-18(27)24-17(13)10-12)20(28)25-6-8-26(9-7-25)31(29,30)19-15(22)2-1-3-16(19)23/h1-5,10,14H,6-9,11H2,(H,24,27)/t14-/m0/s1. The number of amides is 2. The number of carbonyl (C=O) groups excluding carboxylic acids is 2. The Kier molecular flexibility index (Phi) is 5.48. The van der Waals surface area contributed by atoms with E-state index in [9.17, 15) is 31.2 Å². The predicted octanol–water partition coefficient (Wildman–Crippen LogP) is 2.06. The summed E-state index contributed by atoms with van der Waals surface area (Å²) < 4.78 is 67.8. The summed E-state index contributed by atoms with van der Waals surface area (Å²) in [4.78, 5) is 25.4. The van der Waals surface area contributed by atoms with Crippen molar-refractivity contribution >= 4 is 27.5 Å². The lowest BCUT2D eigenvalue weighted by molar-refractivity contribution is -0.136. The molecule has 31 heavy (non-hydrogen) atoms. The molecule has 2 heterocycles. The second-order valence-electron chi connectivity index (χ2n) is 7.32. The number of anilines is 1. The monoisotopic (exact) mass is 453 g/mol. The van der Waals surface area contributed by atoms with Gasteiger partial charge < -0.3 is 10.2 Å². The number of benzene rings is 2. The first-order chi connectivity index (χ1) is 14.7. The minimum absolute atomic E-state index is 0.0111. The zero-order chi connectivity index (χ0) is 22.3. The Morgan fingerprint density at radius 3 is 2.29 bits per heavy atom. The smallest absolute Gasteiger partial charge is 0.249 e. The van der Waals surface area contributed by atoms with E-state index >= 15 is 0 Å². The molecule has 1 saturated heterocycles. The van der Waals surface area contributed by atoms with Crippen LogP contribution in [0.3, 0.4) is 0 Å². The van der Waals surface area contributed by atoms with E-state index in [2.05, 4.69) is 5.32 Å². The number of rotatable bonds is 3. The third-order valence-corrected chi connectivity index (χ3v) is 7.37. The Morgan fingerprint density at radius 2 is 1.65 bits per heavy atom. The highest BCUT2D eigenvalue weighted by atomic mass is 32.2. The van der Waals surface area contributed by atoms with E-state index in [0.29, 0.717) is 5.56 Å². The van der Waals surface area contributed by atoms with Gasteiger partial charge in [-0.2, -0.15) is 4.31 Å². The van der Waals surface area contributed by atoms with Crippen molar-refractivity contribution in [1.29, 1.82) is 0 Å². The molecule has 4 rings (SSSR count). The van der Waals surface area contributed by atoms with Gasteiger partial charge in [-0.25, -0.2) is 21.6 Å². The molecule has 0 aromatic heterocycles. The molecule has 0 unspecified atom stereocenters. The van der Waals surface area contributed by atoms with Gasteiger partial charge in [-0.3, -0.25) is 9.59 Å². The lowest BCUT2D eigenvalue weighted by Crippen LogP contribution is -2.52. The van der Waals surface area contributed by atoms with Crippen LogP contribution in [0.1, 0.15) is 17.9 Å². The van der Waals surface area contributed by atoms with E-state index in [1.54, 1.807) is 0 Å². The van der Waals surface area contributed by atoms with Gasteiger partial charge in [0.25, 0.3) is 0 Å². The first-order valence-electron chi connectivity index (χ1n) is 9.50. The van der Waals surface area contributed by atoms with Gasteiger partial charge in [0.1, 0.15) is 17.5 Å². The van der Waals surface area contributed by atoms with Crippen LogP contribution in [-0.4, -0.2) is 55.6 Å². The van der Waals surface area contributed by atoms with E-state index in [0.717, 1.165) is 28.6 Å². The molecule has 0 aliphatic carbocycles. The number of piperazine rings is 1. The number of hydrogen-bond acceptors (Lipinski definition) is 4. The molecule has 7 nitrogen and oxygen atoms in total. The first kappa shape index (κ1) is 21.3. The van der Waals surface area contributed by atoms with Crippen molar-refractivity contribution in [1.82, 2.24) is 9.21 Å². The van der Waals surface area contributed by atoms with Gasteiger partial charge >= 0.3 is 0 Å². The lowest BCUT2D eigenvalue weighted by atomic mass is 9.89. The van der Waals surface area contributed by atoms with Crippen molar-refractivity contribution in [2.45, 2.75) is 17.2 Å². The summed E-state index contributed by atoms with van der Waals surface area (Å²) >= 11 is 0. The average molecular weight is 453 g/mol. The second kappa shape index (κ2) is 7.97. The van der Waals surface area contributed by atoms with Crippen molar-refractivity contribution < 1.29 is 31.2 Å². The second-order valence-corrected chi connectivity index (χ2v) is 9.19. The minimum atomic E-state index is -4.42. The van der Waals surface area contributed by atoms with Gasteiger partial charge in [-0.1, -0.05) is 12.1 Å². The molecular weight excluding hydrogens is 435 g/mol. The Morgan fingerprint density at radius 1 is 1.00 bits per heavy atom. The van der Waals surface area contributed by atoms with Crippen LogP contribution in [0.5, 0.6) is 0 Å². The van der Waals surface area contributed by atoms with Crippen LogP contribution in [0, 0.1) is 17.5 Å². The summed E-state index contributed by atoms with van der Waals surface area (Å²) in [6.45, 7) is -0.334. The van der Waals surface area contributed by atoms with Gasteiger partial charge in [0.2, 0.25) is 21.8 Å². The third kappa shape index (κ3) is 3.90. The van der Waals surface area contributed by atoms with Crippen LogP contribution in [0.15, 0.2) is 41.3 Å². The van der Waals surface area contributed by atoms with E-state index in [-0.39, 0.29) is 38.3 Å². The Labute approximate surface area is 176 Å². The highest BCUT2D eigenvalue weighted by Gasteiger charge is 2.38. The van der Waals surface area contributed by atoms with Crippen molar-refractivity contribution in [2.24, 2.45) is 0 Å². The van der Waals surface area contributed by atoms with Crippen LogP contribution in [-0.2, 0) is 19.6 Å². The Hall–Kier alpha value is -2.92. The number of nitrogens with one attached hydrogen (secondary N) is 1. The summed E-state index contributed by atoms with van der Waals surface area (Å²) in [6, 6.07) is 6.58. The van der Waals surface area contributed by atoms with Crippen LogP contribution >= 0.6 is 0 Å². The maximum atomic E-state index is 14.0. The van der Waals surface area contributed by atoms with Crippen LogP contribution in [0.4, 0.5) is 18.9 Å². The summed E-state index contributed by atoms with van der Waals surface area (Å²) in [7, 11) is -4.42. The van der Waals surface area contributed by atoms with Crippen LogP contribution in [0.25, 0.3) is 0 Å². The summed E-state index contributed by atoms with van der Waals surface area (Å²) in [6.07, 6.45) is -0.115. The maximum Gasteiger partial charge on any atom is 0.249 e. The fourth-order valence-corrected chi connectivity index (χ4v) is 5.42. The minimum Gasteiger partial charge on any atom is -0.340 e. The lowest BCUT2D eigenvalue weighted by Gasteiger charge is -2.36. The van der Waals surface area contributed by atoms with Gasteiger partial charge in [0, 0.05) is 38.3 Å². The first-order valence-corrected chi connectivity index (χ1v) is 10.9. The molecule has 1 N–H and O–H groups in total. The molecule has 164 valence electrons. The highest BCUT2D eigenvalue weighted by molar-refractivity contribution is 7.89. The molecule has 11 heteroatoms. The zero-order valence-electron chi connectivity index (χ0n) is 16.1. The molecule has 0 saturated carbocycles. The fraction of sp³-hybridized carbons (Fsp3) is 0.300. The number of nitrogens with zero attached hydrogens (tertiary/aromatic N) is 2. The van der Waals surface area contributed by atoms with Crippen LogP contribution < -0.4 is 5.32 Å². The third-order valence-electron chi connectivity index (χ3n) is 5.42. The SMILES string of the molecule is O=C1C[C@H](C(=O)N2CCN(S(=O)(=O)c3c(F)cccc3F)CC2)c2ccc(F)cc2N1. The number of hydrogen-bond donors (Lipinski definition) is 1. The Bertz CT molecular complexity index is 1140. The summed E-state index contributed by atoms with van der Waals surface area (Å²) in [5.41, 5.74) is 0.709. The largest absolute Gasteiger partial charge is 0.340 e. The van der Waals surface area contributed by atoms with E-state index < -0.39 is 50.1 Å². The molecule has 0 bridgehead atoms. The number of halogens is 3. The van der Waals surface area contributed by atoms with Gasteiger partial charge in [0.15, 0.2) is 4.90 Å². The van der Waals surface area contributed by atoms with Crippen molar-refractivity contribution in [3.05, 3.63) is 59.4 Å². The summed E-state index contributed by atoms with van der Waals surface area (Å²) in [5, 5.41) is 2.54. The average Bonchev–Trinajstić information content (AvgIpc) is 2.72. The predicted molar refractivity (Wildman–Crippen MR) is 104 cm³/mol.